The molecule has 3 heterocycles. The van der Waals surface area contributed by atoms with E-state index in [1.807, 2.05) is 41.9 Å². The number of aromatic nitrogens is 2. The normalized spacial score (nSPS) is 16.9. The van der Waals surface area contributed by atoms with Gasteiger partial charge in [-0.3, -0.25) is 0 Å². The van der Waals surface area contributed by atoms with Gasteiger partial charge in [0.25, 0.3) is 0 Å². The van der Waals surface area contributed by atoms with Gasteiger partial charge in [0.05, 0.1) is 12.3 Å². The van der Waals surface area contributed by atoms with Crippen molar-refractivity contribution in [2.75, 3.05) is 19.8 Å². The number of nitrogens with one attached hydrogen (secondary N) is 1. The molecule has 5 nitrogen and oxygen atoms in total. The molecule has 1 unspecified atom stereocenters. The summed E-state index contributed by atoms with van der Waals surface area (Å²) in [6.45, 7) is 5.45. The summed E-state index contributed by atoms with van der Waals surface area (Å²) in [7, 11) is 0. The lowest BCUT2D eigenvalue weighted by atomic mass is 10.0. The summed E-state index contributed by atoms with van der Waals surface area (Å²) in [5, 5.41) is 8.37. The van der Waals surface area contributed by atoms with E-state index in [-0.39, 0.29) is 12.4 Å². The van der Waals surface area contributed by atoms with E-state index in [1.54, 1.807) is 0 Å². The second kappa shape index (κ2) is 9.22. The Bertz CT molecular complexity index is 838. The molecule has 1 aliphatic rings. The van der Waals surface area contributed by atoms with Gasteiger partial charge in [-0.25, -0.2) is 4.68 Å². The first-order chi connectivity index (χ1) is 12.8. The smallest absolute Gasteiger partial charge is 0.154 e. The van der Waals surface area contributed by atoms with Crippen LogP contribution in [0, 0.1) is 12.8 Å². The highest BCUT2D eigenvalue weighted by atomic mass is 35.5. The van der Waals surface area contributed by atoms with Crippen molar-refractivity contribution in [1.29, 1.82) is 0 Å². The molecular formula is C21H26ClN3O2. The Kier molecular flexibility index (Phi) is 6.72. The van der Waals surface area contributed by atoms with Crippen molar-refractivity contribution in [1.82, 2.24) is 15.1 Å². The third-order valence-corrected chi connectivity index (χ3v) is 4.79. The van der Waals surface area contributed by atoms with Crippen molar-refractivity contribution in [3.63, 3.8) is 0 Å². The number of para-hydroxylation sites is 1. The molecule has 3 aromatic rings. The molecule has 1 aromatic carbocycles. The molecule has 1 fully saturated rings. The first-order valence-electron chi connectivity index (χ1n) is 9.29. The largest absolute Gasteiger partial charge is 0.460 e. The number of hydrogen-bond donors (Lipinski definition) is 1. The number of halogens is 1. The van der Waals surface area contributed by atoms with Gasteiger partial charge in [-0.15, -0.1) is 12.4 Å². The molecule has 0 spiro atoms. The second-order valence-corrected chi connectivity index (χ2v) is 6.91. The predicted molar refractivity (Wildman–Crippen MR) is 109 cm³/mol. The highest BCUT2D eigenvalue weighted by molar-refractivity contribution is 5.85. The zero-order valence-electron chi connectivity index (χ0n) is 15.6. The van der Waals surface area contributed by atoms with Gasteiger partial charge in [0.1, 0.15) is 11.5 Å². The maximum Gasteiger partial charge on any atom is 0.154 e. The number of rotatable bonds is 6. The van der Waals surface area contributed by atoms with Crippen LogP contribution in [0.25, 0.3) is 17.1 Å². The van der Waals surface area contributed by atoms with Crippen LogP contribution in [-0.4, -0.2) is 29.5 Å². The summed E-state index contributed by atoms with van der Waals surface area (Å²) >= 11 is 0. The third-order valence-electron chi connectivity index (χ3n) is 4.79. The van der Waals surface area contributed by atoms with E-state index in [1.165, 1.54) is 6.42 Å². The van der Waals surface area contributed by atoms with Crippen molar-refractivity contribution in [3.05, 3.63) is 60.0 Å². The number of benzene rings is 1. The van der Waals surface area contributed by atoms with E-state index < -0.39 is 0 Å². The van der Waals surface area contributed by atoms with Gasteiger partial charge >= 0.3 is 0 Å². The Labute approximate surface area is 166 Å². The fourth-order valence-electron chi connectivity index (χ4n) is 3.40. The fraction of sp³-hybridized carbons (Fsp3) is 0.381. The highest BCUT2D eigenvalue weighted by Gasteiger charge is 2.17. The van der Waals surface area contributed by atoms with Crippen LogP contribution in [0.15, 0.2) is 53.1 Å². The summed E-state index contributed by atoms with van der Waals surface area (Å²) in [4.78, 5) is 0. The van der Waals surface area contributed by atoms with Gasteiger partial charge in [0.2, 0.25) is 0 Å². The van der Waals surface area contributed by atoms with Crippen LogP contribution in [0.4, 0.5) is 0 Å². The van der Waals surface area contributed by atoms with E-state index >= 15 is 0 Å². The summed E-state index contributed by atoms with van der Waals surface area (Å²) < 4.78 is 13.3. The highest BCUT2D eigenvalue weighted by Crippen LogP contribution is 2.25. The van der Waals surface area contributed by atoms with Crippen molar-refractivity contribution in [3.8, 4) is 17.1 Å². The van der Waals surface area contributed by atoms with Crippen LogP contribution in [-0.2, 0) is 11.3 Å². The summed E-state index contributed by atoms with van der Waals surface area (Å²) in [6, 6.07) is 14.1. The number of nitrogens with zero attached hydrogens (tertiary/aromatic N) is 2. The first-order valence-corrected chi connectivity index (χ1v) is 9.29. The van der Waals surface area contributed by atoms with E-state index in [2.05, 4.69) is 23.6 Å². The Morgan fingerprint density at radius 3 is 2.74 bits per heavy atom. The Morgan fingerprint density at radius 1 is 1.19 bits per heavy atom. The van der Waals surface area contributed by atoms with Crippen LogP contribution in [0.1, 0.15) is 24.2 Å². The molecular weight excluding hydrogens is 362 g/mol. The molecule has 0 aliphatic carbocycles. The van der Waals surface area contributed by atoms with Crippen LogP contribution in [0.3, 0.4) is 0 Å². The zero-order valence-corrected chi connectivity index (χ0v) is 16.4. The zero-order chi connectivity index (χ0) is 17.8. The minimum Gasteiger partial charge on any atom is -0.460 e. The van der Waals surface area contributed by atoms with Crippen LogP contribution in [0.2, 0.25) is 0 Å². The Hall–Kier alpha value is -2.08. The van der Waals surface area contributed by atoms with E-state index in [4.69, 9.17) is 14.3 Å². The monoisotopic (exact) mass is 387 g/mol. The molecule has 4 rings (SSSR count). The molecule has 27 heavy (non-hydrogen) atoms. The minimum atomic E-state index is 0. The van der Waals surface area contributed by atoms with Crippen molar-refractivity contribution < 1.29 is 9.15 Å². The number of aryl methyl sites for hydroxylation is 1. The SMILES string of the molecule is Cc1ccc(-c2nn(-c3ccccc3)cc2CNCC2CCCOC2)o1.Cl. The van der Waals surface area contributed by atoms with Crippen molar-refractivity contribution in [2.24, 2.45) is 5.92 Å². The number of ether oxygens (including phenoxy) is 1. The average Bonchev–Trinajstić information content (AvgIpc) is 3.30. The molecule has 2 aromatic heterocycles. The maximum atomic E-state index is 5.83. The van der Waals surface area contributed by atoms with Gasteiger partial charge in [-0.05, 0) is 49.9 Å². The maximum absolute atomic E-state index is 5.83. The van der Waals surface area contributed by atoms with Crippen molar-refractivity contribution in [2.45, 2.75) is 26.3 Å². The van der Waals surface area contributed by atoms with Crippen molar-refractivity contribution >= 4 is 12.4 Å². The van der Waals surface area contributed by atoms with Gasteiger partial charge in [0.15, 0.2) is 5.76 Å². The van der Waals surface area contributed by atoms with Gasteiger partial charge in [0, 0.05) is 31.5 Å². The molecule has 6 heteroatoms. The first kappa shape index (κ1) is 19.7. The summed E-state index contributed by atoms with van der Waals surface area (Å²) in [6.07, 6.45) is 4.49. The number of hydrogen-bond acceptors (Lipinski definition) is 4. The van der Waals surface area contributed by atoms with Crippen LogP contribution in [0.5, 0.6) is 0 Å². The van der Waals surface area contributed by atoms with Gasteiger partial charge in [-0.1, -0.05) is 18.2 Å². The molecule has 0 saturated carbocycles. The lowest BCUT2D eigenvalue weighted by molar-refractivity contribution is 0.0547. The van der Waals surface area contributed by atoms with Crippen LogP contribution >= 0.6 is 12.4 Å². The second-order valence-electron chi connectivity index (χ2n) is 6.91. The van der Waals surface area contributed by atoms with E-state index in [9.17, 15) is 0 Å². The van der Waals surface area contributed by atoms with Gasteiger partial charge in [-0.2, -0.15) is 5.10 Å². The van der Waals surface area contributed by atoms with E-state index in [0.717, 1.165) is 61.2 Å². The molecule has 0 radical (unpaired) electrons. The van der Waals surface area contributed by atoms with Crippen LogP contribution < -0.4 is 5.32 Å². The molecule has 1 atom stereocenters. The topological polar surface area (TPSA) is 52.2 Å². The lowest BCUT2D eigenvalue weighted by Crippen LogP contribution is -2.28. The lowest BCUT2D eigenvalue weighted by Gasteiger charge is -2.22. The quantitative estimate of drug-likeness (QED) is 0.682. The fourth-order valence-corrected chi connectivity index (χ4v) is 3.40. The molecule has 144 valence electrons. The molecule has 1 aliphatic heterocycles. The van der Waals surface area contributed by atoms with E-state index in [0.29, 0.717) is 5.92 Å². The molecule has 1 N–H and O–H groups in total. The summed E-state index contributed by atoms with van der Waals surface area (Å²) in [5.41, 5.74) is 3.08. The number of furan rings is 1. The van der Waals surface area contributed by atoms with Gasteiger partial charge < -0.3 is 14.5 Å². The predicted octanol–water partition coefficient (Wildman–Crippen LogP) is 4.38. The molecule has 0 bridgehead atoms. The molecule has 0 amide bonds. The average molecular weight is 388 g/mol. The third kappa shape index (κ3) is 4.80. The summed E-state index contributed by atoms with van der Waals surface area (Å²) in [5.74, 6) is 2.31. The Morgan fingerprint density at radius 2 is 2.04 bits per heavy atom. The standard InChI is InChI=1S/C21H25N3O2.ClH/c1-16-9-10-20(26-16)21-18(13-22-12-17-6-5-11-25-15-17)14-24(23-21)19-7-3-2-4-8-19;/h2-4,7-10,14,17,22H,5-6,11-13,15H2,1H3;1H. The molecule has 1 saturated heterocycles. The minimum absolute atomic E-state index is 0. The Balaban J connectivity index is 0.00000210.